The van der Waals surface area contributed by atoms with Crippen LogP contribution in [0.1, 0.15) is 10.5 Å². The SMILES string of the molecule is NC(=O)CN(CC(=O)O)C(=O)c1cc(=O)[nH]c(=O)[nH]1. The van der Waals surface area contributed by atoms with E-state index in [1.54, 1.807) is 0 Å². The first kappa shape index (κ1) is 14.2. The second-order valence-corrected chi connectivity index (χ2v) is 3.52. The first-order valence-electron chi connectivity index (χ1n) is 4.92. The Morgan fingerprint density at radius 1 is 1.21 bits per heavy atom. The van der Waals surface area contributed by atoms with E-state index in [9.17, 15) is 24.0 Å². The second kappa shape index (κ2) is 5.62. The summed E-state index contributed by atoms with van der Waals surface area (Å²) in [6.07, 6.45) is 0. The van der Waals surface area contributed by atoms with Gasteiger partial charge in [0.2, 0.25) is 5.91 Å². The molecule has 0 fully saturated rings. The monoisotopic (exact) mass is 270 g/mol. The Morgan fingerprint density at radius 2 is 1.84 bits per heavy atom. The number of carboxylic acid groups (broad SMARTS) is 1. The number of aliphatic carboxylic acids is 1. The van der Waals surface area contributed by atoms with Gasteiger partial charge in [0, 0.05) is 6.07 Å². The van der Waals surface area contributed by atoms with Crippen molar-refractivity contribution in [3.63, 3.8) is 0 Å². The Hall–Kier alpha value is -2.91. The summed E-state index contributed by atoms with van der Waals surface area (Å²) in [4.78, 5) is 59.7. The van der Waals surface area contributed by atoms with Crippen LogP contribution in [0.3, 0.4) is 0 Å². The van der Waals surface area contributed by atoms with Crippen molar-refractivity contribution in [2.45, 2.75) is 0 Å². The lowest BCUT2D eigenvalue weighted by molar-refractivity contribution is -0.138. The summed E-state index contributed by atoms with van der Waals surface area (Å²) < 4.78 is 0. The maximum atomic E-state index is 11.9. The number of primary amides is 1. The number of nitrogens with zero attached hydrogens (tertiary/aromatic N) is 1. The number of hydrogen-bond donors (Lipinski definition) is 4. The van der Waals surface area contributed by atoms with Crippen LogP contribution in [0.15, 0.2) is 15.7 Å². The fourth-order valence-corrected chi connectivity index (χ4v) is 1.31. The number of carbonyl (C=O) groups excluding carboxylic acids is 2. The van der Waals surface area contributed by atoms with Gasteiger partial charge in [0.25, 0.3) is 11.5 Å². The summed E-state index contributed by atoms with van der Waals surface area (Å²) in [6.45, 7) is -1.45. The van der Waals surface area contributed by atoms with Crippen molar-refractivity contribution in [3.05, 3.63) is 32.6 Å². The number of rotatable bonds is 5. The molecule has 1 aromatic heterocycles. The highest BCUT2D eigenvalue weighted by Crippen LogP contribution is 1.97. The van der Waals surface area contributed by atoms with E-state index in [-0.39, 0.29) is 0 Å². The summed E-state index contributed by atoms with van der Waals surface area (Å²) in [6, 6.07) is 0.777. The van der Waals surface area contributed by atoms with Gasteiger partial charge in [-0.1, -0.05) is 0 Å². The molecule has 5 N–H and O–H groups in total. The van der Waals surface area contributed by atoms with Gasteiger partial charge >= 0.3 is 11.7 Å². The minimum Gasteiger partial charge on any atom is -0.480 e. The number of H-pyrrole nitrogens is 2. The number of nitrogens with two attached hydrogens (primary N) is 1. The Kier molecular flexibility index (Phi) is 4.19. The molecule has 0 aliphatic rings. The first-order valence-corrected chi connectivity index (χ1v) is 4.92. The predicted molar refractivity (Wildman–Crippen MR) is 60.4 cm³/mol. The second-order valence-electron chi connectivity index (χ2n) is 3.52. The molecule has 102 valence electrons. The van der Waals surface area contributed by atoms with Gasteiger partial charge in [-0.2, -0.15) is 0 Å². The average Bonchev–Trinajstić information content (AvgIpc) is 2.24. The van der Waals surface area contributed by atoms with Crippen LogP contribution in [0.25, 0.3) is 0 Å². The van der Waals surface area contributed by atoms with Gasteiger partial charge in [-0.15, -0.1) is 0 Å². The highest BCUT2D eigenvalue weighted by molar-refractivity contribution is 5.96. The third-order valence-electron chi connectivity index (χ3n) is 1.95. The highest BCUT2D eigenvalue weighted by Gasteiger charge is 2.21. The van der Waals surface area contributed by atoms with Crippen LogP contribution < -0.4 is 17.0 Å². The molecule has 2 amide bonds. The molecule has 0 radical (unpaired) electrons. The molecule has 0 spiro atoms. The molecule has 0 bridgehead atoms. The standard InChI is InChI=1S/C9H10N4O6/c10-5(14)2-13(3-7(16)17)8(18)4-1-6(15)12-9(19)11-4/h1H,2-3H2,(H2,10,14)(H,16,17)(H2,11,12,15,19). The van der Waals surface area contributed by atoms with Crippen molar-refractivity contribution in [2.75, 3.05) is 13.1 Å². The van der Waals surface area contributed by atoms with E-state index in [0.717, 1.165) is 6.07 Å². The number of aromatic amines is 2. The van der Waals surface area contributed by atoms with E-state index >= 15 is 0 Å². The molecule has 0 aliphatic heterocycles. The van der Waals surface area contributed by atoms with Gasteiger partial charge in [0.05, 0.1) is 0 Å². The topological polar surface area (TPSA) is 166 Å². The van der Waals surface area contributed by atoms with Crippen LogP contribution in [-0.4, -0.2) is 50.8 Å². The van der Waals surface area contributed by atoms with Gasteiger partial charge in [-0.25, -0.2) is 4.79 Å². The van der Waals surface area contributed by atoms with Gasteiger partial charge in [0.1, 0.15) is 18.8 Å². The molecule has 0 aromatic carbocycles. The van der Waals surface area contributed by atoms with E-state index in [4.69, 9.17) is 10.8 Å². The zero-order valence-electron chi connectivity index (χ0n) is 9.50. The summed E-state index contributed by atoms with van der Waals surface area (Å²) in [7, 11) is 0. The highest BCUT2D eigenvalue weighted by atomic mass is 16.4. The zero-order valence-corrected chi connectivity index (χ0v) is 9.50. The van der Waals surface area contributed by atoms with Crippen LogP contribution in [0.5, 0.6) is 0 Å². The minimum atomic E-state index is -1.37. The Morgan fingerprint density at radius 3 is 2.32 bits per heavy atom. The Balaban J connectivity index is 3.10. The van der Waals surface area contributed by atoms with Crippen molar-refractivity contribution in [2.24, 2.45) is 5.73 Å². The molecule has 19 heavy (non-hydrogen) atoms. The number of hydrogen-bond acceptors (Lipinski definition) is 5. The van der Waals surface area contributed by atoms with Crippen LogP contribution in [-0.2, 0) is 9.59 Å². The molecule has 1 aromatic rings. The molecule has 1 rings (SSSR count). The fraction of sp³-hybridized carbons (Fsp3) is 0.222. The van der Waals surface area contributed by atoms with Crippen LogP contribution in [0.4, 0.5) is 0 Å². The van der Waals surface area contributed by atoms with Crippen molar-refractivity contribution in [1.82, 2.24) is 14.9 Å². The summed E-state index contributed by atoms with van der Waals surface area (Å²) in [5.41, 5.74) is 2.69. The summed E-state index contributed by atoms with van der Waals surface area (Å²) in [5, 5.41) is 8.62. The van der Waals surface area contributed by atoms with Crippen molar-refractivity contribution < 1.29 is 19.5 Å². The van der Waals surface area contributed by atoms with E-state index in [2.05, 4.69) is 0 Å². The van der Waals surface area contributed by atoms with Gasteiger partial charge in [-0.05, 0) is 0 Å². The number of carboxylic acids is 1. The quantitative estimate of drug-likeness (QED) is 0.447. The molecule has 0 saturated carbocycles. The van der Waals surface area contributed by atoms with Crippen molar-refractivity contribution in [3.8, 4) is 0 Å². The lowest BCUT2D eigenvalue weighted by Crippen LogP contribution is -2.42. The lowest BCUT2D eigenvalue weighted by Gasteiger charge is -2.18. The molecule has 0 unspecified atom stereocenters. The van der Waals surface area contributed by atoms with Crippen LogP contribution >= 0.6 is 0 Å². The first-order chi connectivity index (χ1) is 8.79. The molecule has 0 saturated heterocycles. The molecular formula is C9H10N4O6. The van der Waals surface area contributed by atoms with Crippen molar-refractivity contribution >= 4 is 17.8 Å². The van der Waals surface area contributed by atoms with E-state index < -0.39 is 47.8 Å². The molecular weight excluding hydrogens is 260 g/mol. The minimum absolute atomic E-state index is 0.434. The molecule has 1 heterocycles. The third kappa shape index (κ3) is 4.11. The number of carbonyl (C=O) groups is 3. The summed E-state index contributed by atoms with van der Waals surface area (Å²) >= 11 is 0. The largest absolute Gasteiger partial charge is 0.480 e. The van der Waals surface area contributed by atoms with Crippen molar-refractivity contribution in [1.29, 1.82) is 0 Å². The average molecular weight is 270 g/mol. The zero-order chi connectivity index (χ0) is 14.6. The number of amides is 2. The molecule has 10 nitrogen and oxygen atoms in total. The lowest BCUT2D eigenvalue weighted by atomic mass is 10.3. The molecule has 10 heteroatoms. The number of nitrogens with one attached hydrogen (secondary N) is 2. The smallest absolute Gasteiger partial charge is 0.326 e. The van der Waals surface area contributed by atoms with E-state index in [0.29, 0.717) is 4.90 Å². The van der Waals surface area contributed by atoms with Gasteiger partial charge in [-0.3, -0.25) is 24.2 Å². The van der Waals surface area contributed by atoms with E-state index in [1.807, 2.05) is 9.97 Å². The van der Waals surface area contributed by atoms with E-state index in [1.165, 1.54) is 0 Å². The normalized spacial score (nSPS) is 9.89. The molecule has 0 atom stereocenters. The fourth-order valence-electron chi connectivity index (χ4n) is 1.31. The Labute approximate surface area is 104 Å². The van der Waals surface area contributed by atoms with Crippen LogP contribution in [0, 0.1) is 0 Å². The maximum absolute atomic E-state index is 11.9. The summed E-state index contributed by atoms with van der Waals surface area (Å²) in [5.74, 6) is -3.30. The molecule has 0 aliphatic carbocycles. The predicted octanol–water partition coefficient (Wildman–Crippen LogP) is -2.92. The van der Waals surface area contributed by atoms with Gasteiger partial charge in [0.15, 0.2) is 0 Å². The third-order valence-corrected chi connectivity index (χ3v) is 1.95. The van der Waals surface area contributed by atoms with Crippen LogP contribution in [0.2, 0.25) is 0 Å². The Bertz CT molecular complexity index is 586. The number of aromatic nitrogens is 2. The van der Waals surface area contributed by atoms with Gasteiger partial charge < -0.3 is 20.7 Å². The maximum Gasteiger partial charge on any atom is 0.326 e.